The number of hydrogen-bond acceptors (Lipinski definition) is 2. The van der Waals surface area contributed by atoms with Gasteiger partial charge in [-0.05, 0) is 25.0 Å². The van der Waals surface area contributed by atoms with Crippen molar-refractivity contribution < 1.29 is 10.3 Å². The minimum Gasteiger partial charge on any atom is -0.412 e. The Labute approximate surface area is 101 Å². The third kappa shape index (κ3) is 23.2. The average molecular weight is 236 g/mol. The lowest BCUT2D eigenvalue weighted by molar-refractivity contribution is -0.121. The first kappa shape index (κ1) is 29.4. The first-order chi connectivity index (χ1) is 5.99. The molecule has 0 aliphatic heterocycles. The Morgan fingerprint density at radius 1 is 1.25 bits per heavy atom. The monoisotopic (exact) mass is 236 g/mol. The van der Waals surface area contributed by atoms with Gasteiger partial charge < -0.3 is 16.6 Å². The summed E-state index contributed by atoms with van der Waals surface area (Å²) < 4.78 is 0. The molecular formula is C12H32N2O2. The van der Waals surface area contributed by atoms with Crippen LogP contribution >= 0.6 is 0 Å². The number of hydrogen-bond donors (Lipinski definition) is 2. The van der Waals surface area contributed by atoms with Crippen LogP contribution in [0.2, 0.25) is 0 Å². The van der Waals surface area contributed by atoms with E-state index in [-0.39, 0.29) is 32.2 Å². The maximum Gasteiger partial charge on any atom is 0.220 e. The van der Waals surface area contributed by atoms with E-state index in [9.17, 15) is 4.79 Å². The molecule has 0 bridgehead atoms. The largest absolute Gasteiger partial charge is 0.412 e. The molecule has 5 N–H and O–H groups in total. The molecule has 0 heterocycles. The second-order valence-corrected chi connectivity index (χ2v) is 3.26. The van der Waals surface area contributed by atoms with Gasteiger partial charge in [-0.25, -0.2) is 0 Å². The molecule has 0 aromatic carbocycles. The molecule has 1 amide bonds. The Morgan fingerprint density at radius 3 is 1.62 bits per heavy atom. The van der Waals surface area contributed by atoms with Gasteiger partial charge in [0, 0.05) is 5.92 Å². The van der Waals surface area contributed by atoms with Gasteiger partial charge in [-0.1, -0.05) is 42.5 Å². The standard InChI is InChI=1S/C5H11NO.C5H11N.2CH4.H2O/c1-3-4(2)5(6)7;1-3-5(2)4-6;;;/h4H,3H2,1-2H3,(H2,6,7);4-6H,3H2,1-2H3;2*1H4;1H2. The predicted octanol–water partition coefficient (Wildman–Crippen LogP) is 2.65. The van der Waals surface area contributed by atoms with Crippen molar-refractivity contribution in [3.8, 4) is 0 Å². The second kappa shape index (κ2) is 19.6. The average Bonchev–Trinajstić information content (AvgIpc) is 2.16. The molecule has 4 heteroatoms. The lowest BCUT2D eigenvalue weighted by Gasteiger charge is -1.98. The van der Waals surface area contributed by atoms with Crippen molar-refractivity contribution in [1.29, 1.82) is 5.41 Å². The summed E-state index contributed by atoms with van der Waals surface area (Å²) in [7, 11) is 0. The number of nitrogens with one attached hydrogen (secondary N) is 1. The summed E-state index contributed by atoms with van der Waals surface area (Å²) in [6, 6.07) is 0. The predicted molar refractivity (Wildman–Crippen MR) is 74.0 cm³/mol. The van der Waals surface area contributed by atoms with Crippen molar-refractivity contribution in [3.05, 3.63) is 0 Å². The highest BCUT2D eigenvalue weighted by Gasteiger charge is 2.02. The van der Waals surface area contributed by atoms with E-state index in [1.807, 2.05) is 20.8 Å². The van der Waals surface area contributed by atoms with Crippen LogP contribution in [0.15, 0.2) is 0 Å². The minimum absolute atomic E-state index is 0. The van der Waals surface area contributed by atoms with Crippen LogP contribution in [0, 0.1) is 17.2 Å². The van der Waals surface area contributed by atoms with Crippen molar-refractivity contribution in [3.63, 3.8) is 0 Å². The van der Waals surface area contributed by atoms with Crippen molar-refractivity contribution in [2.75, 3.05) is 0 Å². The first-order valence-electron chi connectivity index (χ1n) is 4.79. The summed E-state index contributed by atoms with van der Waals surface area (Å²) in [5, 5.41) is 6.68. The van der Waals surface area contributed by atoms with Crippen molar-refractivity contribution in [2.45, 2.75) is 55.4 Å². The van der Waals surface area contributed by atoms with Gasteiger partial charge in [-0.2, -0.15) is 0 Å². The number of carbonyl (C=O) groups is 1. The van der Waals surface area contributed by atoms with Gasteiger partial charge in [-0.15, -0.1) is 0 Å². The molecule has 0 saturated carbocycles. The highest BCUT2D eigenvalue weighted by molar-refractivity contribution is 5.76. The van der Waals surface area contributed by atoms with Gasteiger partial charge in [0.15, 0.2) is 0 Å². The summed E-state index contributed by atoms with van der Waals surface area (Å²) in [4.78, 5) is 10.2. The van der Waals surface area contributed by atoms with Crippen LogP contribution < -0.4 is 5.73 Å². The van der Waals surface area contributed by atoms with E-state index in [0.29, 0.717) is 5.92 Å². The van der Waals surface area contributed by atoms with E-state index in [0.717, 1.165) is 12.8 Å². The quantitative estimate of drug-likeness (QED) is 0.721. The smallest absolute Gasteiger partial charge is 0.220 e. The Balaban J connectivity index is -0.0000000428. The zero-order valence-corrected chi connectivity index (χ0v) is 9.63. The van der Waals surface area contributed by atoms with Crippen LogP contribution in [0.3, 0.4) is 0 Å². The number of carbonyl (C=O) groups excluding carboxylic acids is 1. The van der Waals surface area contributed by atoms with E-state index in [1.54, 1.807) is 0 Å². The molecule has 0 aliphatic carbocycles. The summed E-state index contributed by atoms with van der Waals surface area (Å²) in [6.45, 7) is 7.88. The molecule has 102 valence electrons. The van der Waals surface area contributed by atoms with Crippen LogP contribution in [-0.4, -0.2) is 17.6 Å². The van der Waals surface area contributed by atoms with Crippen LogP contribution in [0.25, 0.3) is 0 Å². The molecule has 2 unspecified atom stereocenters. The summed E-state index contributed by atoms with van der Waals surface area (Å²) in [5.41, 5.74) is 4.91. The van der Waals surface area contributed by atoms with Gasteiger partial charge in [0.1, 0.15) is 0 Å². The summed E-state index contributed by atoms with van der Waals surface area (Å²) in [6.07, 6.45) is 3.40. The molecule has 0 rings (SSSR count). The van der Waals surface area contributed by atoms with E-state index in [4.69, 9.17) is 11.1 Å². The fraction of sp³-hybridized carbons (Fsp3) is 0.833. The molecule has 0 aromatic heterocycles. The van der Waals surface area contributed by atoms with Gasteiger partial charge in [0.2, 0.25) is 5.91 Å². The maximum atomic E-state index is 10.2. The number of amides is 1. The Hall–Kier alpha value is -0.900. The zero-order chi connectivity index (χ0) is 10.9. The molecule has 0 radical (unpaired) electrons. The summed E-state index contributed by atoms with van der Waals surface area (Å²) >= 11 is 0. The van der Waals surface area contributed by atoms with Crippen molar-refractivity contribution in [2.24, 2.45) is 17.6 Å². The van der Waals surface area contributed by atoms with Gasteiger partial charge in [-0.3, -0.25) is 4.79 Å². The first-order valence-corrected chi connectivity index (χ1v) is 4.79. The minimum atomic E-state index is -0.206. The highest BCUT2D eigenvalue weighted by atomic mass is 16.1. The Morgan fingerprint density at radius 2 is 1.62 bits per heavy atom. The molecule has 4 nitrogen and oxygen atoms in total. The van der Waals surface area contributed by atoms with E-state index in [1.165, 1.54) is 6.21 Å². The summed E-state index contributed by atoms with van der Waals surface area (Å²) in [5.74, 6) is 0.312. The maximum absolute atomic E-state index is 10.2. The third-order valence-electron chi connectivity index (χ3n) is 2.03. The van der Waals surface area contributed by atoms with Crippen molar-refractivity contribution >= 4 is 12.1 Å². The van der Waals surface area contributed by atoms with Crippen LogP contribution in [0.5, 0.6) is 0 Å². The van der Waals surface area contributed by atoms with Gasteiger partial charge in [0.25, 0.3) is 0 Å². The molecule has 16 heavy (non-hydrogen) atoms. The lowest BCUT2D eigenvalue weighted by Crippen LogP contribution is -2.19. The molecule has 0 aliphatic rings. The fourth-order valence-electron chi connectivity index (χ4n) is 0.319. The normalized spacial score (nSPS) is 11.0. The molecular weight excluding hydrogens is 204 g/mol. The Bertz CT molecular complexity index is 150. The third-order valence-corrected chi connectivity index (χ3v) is 2.03. The number of nitrogens with two attached hydrogens (primary N) is 1. The molecule has 0 saturated heterocycles. The lowest BCUT2D eigenvalue weighted by atomic mass is 10.1. The zero-order valence-electron chi connectivity index (χ0n) is 9.63. The van der Waals surface area contributed by atoms with Crippen LogP contribution in [-0.2, 0) is 4.79 Å². The van der Waals surface area contributed by atoms with Crippen molar-refractivity contribution in [1.82, 2.24) is 0 Å². The topological polar surface area (TPSA) is 98.4 Å². The van der Waals surface area contributed by atoms with Gasteiger partial charge >= 0.3 is 0 Å². The molecule has 0 aromatic rings. The van der Waals surface area contributed by atoms with Crippen LogP contribution in [0.1, 0.15) is 55.4 Å². The van der Waals surface area contributed by atoms with Gasteiger partial charge in [0.05, 0.1) is 0 Å². The highest BCUT2D eigenvalue weighted by Crippen LogP contribution is 1.96. The molecule has 2 atom stereocenters. The van der Waals surface area contributed by atoms with Crippen LogP contribution in [0.4, 0.5) is 0 Å². The number of primary amides is 1. The number of rotatable bonds is 4. The molecule has 0 fully saturated rings. The van der Waals surface area contributed by atoms with E-state index < -0.39 is 0 Å². The Kier molecular flexibility index (Phi) is 36.1. The van der Waals surface area contributed by atoms with E-state index >= 15 is 0 Å². The molecule has 0 spiro atoms. The van der Waals surface area contributed by atoms with E-state index in [2.05, 4.69) is 6.92 Å². The SMILES string of the molecule is C.C.CCC(C)C(N)=O.CCC(C)C=N.O. The fourth-order valence-corrected chi connectivity index (χ4v) is 0.319. The second-order valence-electron chi connectivity index (χ2n) is 3.26.